The van der Waals surface area contributed by atoms with Crippen LogP contribution in [-0.4, -0.2) is 81.1 Å². The van der Waals surface area contributed by atoms with Gasteiger partial charge in [-0.3, -0.25) is 23.4 Å². The Morgan fingerprint density at radius 3 is 2.08 bits per heavy atom. The lowest BCUT2D eigenvalue weighted by atomic mass is 9.97. The molecule has 0 bridgehead atoms. The summed E-state index contributed by atoms with van der Waals surface area (Å²) in [7, 11) is 3.51. The van der Waals surface area contributed by atoms with Gasteiger partial charge in [0.25, 0.3) is 21.9 Å². The summed E-state index contributed by atoms with van der Waals surface area (Å²) in [5.74, 6) is 1.65. The van der Waals surface area contributed by atoms with Crippen molar-refractivity contribution < 1.29 is 46.0 Å². The minimum atomic E-state index is -4.08. The number of carbonyl (C=O) groups is 4. The molecular formula is C55H60N4O10S3. The van der Waals surface area contributed by atoms with E-state index in [4.69, 9.17) is 18.4 Å². The predicted molar refractivity (Wildman–Crippen MR) is 283 cm³/mol. The molecule has 5 aromatic rings. The lowest BCUT2D eigenvalue weighted by Gasteiger charge is -2.28. The molecule has 4 heterocycles. The molecule has 4 aliphatic rings. The molecule has 378 valence electrons. The lowest BCUT2D eigenvalue weighted by molar-refractivity contribution is -0.120. The van der Waals surface area contributed by atoms with E-state index in [9.17, 15) is 27.6 Å². The van der Waals surface area contributed by atoms with Gasteiger partial charge in [0, 0.05) is 64.6 Å². The van der Waals surface area contributed by atoms with Crippen molar-refractivity contribution >= 4 is 72.4 Å². The van der Waals surface area contributed by atoms with Crippen molar-refractivity contribution in [3.63, 3.8) is 0 Å². The molecule has 0 aromatic heterocycles. The van der Waals surface area contributed by atoms with E-state index in [0.717, 1.165) is 60.1 Å². The number of ether oxygens (including phenoxy) is 3. The number of rotatable bonds is 18. The first-order valence-electron chi connectivity index (χ1n) is 24.2. The molecule has 9 rings (SSSR count). The number of fused-ring (bicyclic) bond motifs is 8. The van der Waals surface area contributed by atoms with E-state index in [-0.39, 0.29) is 55.7 Å². The van der Waals surface area contributed by atoms with Crippen LogP contribution in [0.1, 0.15) is 99.2 Å². The van der Waals surface area contributed by atoms with Gasteiger partial charge in [-0.2, -0.15) is 8.42 Å². The normalized spacial score (nSPS) is 17.9. The molecule has 0 saturated carbocycles. The average Bonchev–Trinajstić information content (AvgIpc) is 3.86. The number of hydrogen-bond donors (Lipinski definition) is 2. The van der Waals surface area contributed by atoms with E-state index in [0.29, 0.717) is 70.1 Å². The fourth-order valence-corrected chi connectivity index (χ4v) is 14.2. The zero-order valence-electron chi connectivity index (χ0n) is 41.4. The maximum absolute atomic E-state index is 14.4. The highest BCUT2D eigenvalue weighted by Crippen LogP contribution is 2.44. The van der Waals surface area contributed by atoms with Crippen molar-refractivity contribution in [2.75, 3.05) is 42.1 Å². The Bertz CT molecular complexity index is 3050. The van der Waals surface area contributed by atoms with Crippen LogP contribution in [0.25, 0.3) is 0 Å². The smallest absolute Gasteiger partial charge is 0.272 e. The molecule has 0 radical (unpaired) electrons. The van der Waals surface area contributed by atoms with Gasteiger partial charge in [0.1, 0.15) is 24.2 Å². The van der Waals surface area contributed by atoms with E-state index < -0.39 is 26.2 Å². The average molecular weight is 1030 g/mol. The summed E-state index contributed by atoms with van der Waals surface area (Å²) in [6, 6.07) is 27.8. The van der Waals surface area contributed by atoms with Crippen LogP contribution in [-0.2, 0) is 62.8 Å². The van der Waals surface area contributed by atoms with Gasteiger partial charge in [0.05, 0.1) is 20.3 Å². The SMILES string of the molecule is CNC(=O)CCCSSC(C)(C)CC(=O)Nc1cc(COc2cc3c(cc2C)C(=O)N2c4ccccc4C[C@H]2C(S(=O)(=O)OC)C3)cc(COc2cc3c(cc2OC)C(=O)N2c4ccccc4C[C@H]2CC3)c1. The molecule has 5 aromatic carbocycles. The number of benzene rings is 5. The highest BCUT2D eigenvalue weighted by molar-refractivity contribution is 8.77. The zero-order valence-corrected chi connectivity index (χ0v) is 43.8. The maximum Gasteiger partial charge on any atom is 0.272 e. The Morgan fingerprint density at radius 2 is 1.39 bits per heavy atom. The molecule has 1 unspecified atom stereocenters. The minimum absolute atomic E-state index is 0.00267. The van der Waals surface area contributed by atoms with Crippen molar-refractivity contribution in [1.82, 2.24) is 5.32 Å². The van der Waals surface area contributed by atoms with Gasteiger partial charge in [-0.25, -0.2) is 0 Å². The van der Waals surface area contributed by atoms with Crippen LogP contribution in [0.4, 0.5) is 17.1 Å². The predicted octanol–water partition coefficient (Wildman–Crippen LogP) is 9.17. The number of amides is 4. The molecule has 0 spiro atoms. The van der Waals surface area contributed by atoms with Crippen LogP contribution >= 0.6 is 21.6 Å². The summed E-state index contributed by atoms with van der Waals surface area (Å²) >= 11 is 0. The first-order valence-corrected chi connectivity index (χ1v) is 28.0. The second-order valence-corrected chi connectivity index (χ2v) is 24.4. The number of methoxy groups -OCH3 is 1. The lowest BCUT2D eigenvalue weighted by Crippen LogP contribution is -2.47. The van der Waals surface area contributed by atoms with Crippen LogP contribution in [0.15, 0.2) is 91.0 Å². The number of nitrogens with zero attached hydrogens (tertiary/aromatic N) is 2. The van der Waals surface area contributed by atoms with Gasteiger partial charge >= 0.3 is 0 Å². The number of aryl methyl sites for hydroxylation is 2. The molecule has 17 heteroatoms. The van der Waals surface area contributed by atoms with Crippen molar-refractivity contribution in [3.8, 4) is 17.2 Å². The molecule has 4 amide bonds. The van der Waals surface area contributed by atoms with Crippen LogP contribution < -0.4 is 34.6 Å². The van der Waals surface area contributed by atoms with Crippen molar-refractivity contribution in [2.24, 2.45) is 0 Å². The van der Waals surface area contributed by atoms with Crippen LogP contribution in [0, 0.1) is 6.92 Å². The van der Waals surface area contributed by atoms with E-state index in [1.54, 1.807) is 58.8 Å². The van der Waals surface area contributed by atoms with Gasteiger partial charge in [0.2, 0.25) is 11.8 Å². The highest BCUT2D eigenvalue weighted by Gasteiger charge is 2.48. The van der Waals surface area contributed by atoms with Crippen LogP contribution in [0.3, 0.4) is 0 Å². The molecule has 0 fully saturated rings. The number of carbonyl (C=O) groups excluding carboxylic acids is 4. The molecule has 0 saturated heterocycles. The van der Waals surface area contributed by atoms with E-state index in [1.807, 2.05) is 92.4 Å². The Labute approximate surface area is 429 Å². The molecule has 14 nitrogen and oxygen atoms in total. The topological polar surface area (TPSA) is 170 Å². The van der Waals surface area contributed by atoms with Crippen LogP contribution in [0.2, 0.25) is 0 Å². The number of anilines is 3. The largest absolute Gasteiger partial charge is 0.493 e. The third-order valence-electron chi connectivity index (χ3n) is 13.9. The van der Waals surface area contributed by atoms with Gasteiger partial charge in [-0.05, 0) is 153 Å². The highest BCUT2D eigenvalue weighted by atomic mass is 33.1. The molecule has 3 atom stereocenters. The van der Waals surface area contributed by atoms with E-state index in [1.165, 1.54) is 5.56 Å². The van der Waals surface area contributed by atoms with E-state index >= 15 is 0 Å². The van der Waals surface area contributed by atoms with Crippen molar-refractivity contribution in [2.45, 2.75) is 107 Å². The summed E-state index contributed by atoms with van der Waals surface area (Å²) in [6.07, 6.45) is 4.13. The quantitative estimate of drug-likeness (QED) is 0.0486. The van der Waals surface area contributed by atoms with E-state index in [2.05, 4.69) is 16.7 Å². The number of para-hydroxylation sites is 2. The molecular weight excluding hydrogens is 973 g/mol. The fourth-order valence-electron chi connectivity index (χ4n) is 10.4. The summed E-state index contributed by atoms with van der Waals surface area (Å²) in [6.45, 7) is 6.04. The standard InChI is InChI=1S/C55H60N4O10S3/c1-33-20-42-39(28-50(72(64,65)67-6)46-25-38-13-8-10-15-45(38)59(46)54(42)63)27-47(33)68-31-34-21-35(23-40(22-34)57-52(61)30-55(2,3)71-70-19-11-16-51(60)56-4)32-69-49-26-36-17-18-41-24-37-12-7-9-14-44(37)58(41)53(62)43(36)29-48(49)66-5/h7-10,12-15,20-23,26-27,29,41,46,50H,11,16-19,24-25,28,30-32H2,1-6H3,(H,56,60)(H,57,61)/t41-,46+,50?/m1/s1. The number of nitrogens with one attached hydrogen (secondary N) is 2. The summed E-state index contributed by atoms with van der Waals surface area (Å²) in [5.41, 5.74) is 8.83. The zero-order chi connectivity index (χ0) is 50.9. The Balaban J connectivity index is 0.969. The molecule has 0 aliphatic carbocycles. The molecule has 2 N–H and O–H groups in total. The summed E-state index contributed by atoms with van der Waals surface area (Å²) in [5, 5.41) is 4.73. The maximum atomic E-state index is 14.4. The van der Waals surface area contributed by atoms with Crippen molar-refractivity contribution in [1.29, 1.82) is 0 Å². The third kappa shape index (κ3) is 10.7. The fraction of sp³-hybridized carbons (Fsp3) is 0.382. The van der Waals surface area contributed by atoms with Crippen LogP contribution in [0.5, 0.6) is 17.2 Å². The first kappa shape index (κ1) is 50.9. The molecule has 4 aliphatic heterocycles. The summed E-state index contributed by atoms with van der Waals surface area (Å²) < 4.78 is 50.7. The number of hydrogen-bond acceptors (Lipinski definition) is 12. The minimum Gasteiger partial charge on any atom is -0.493 e. The second kappa shape index (κ2) is 21.2. The van der Waals surface area contributed by atoms with Crippen molar-refractivity contribution in [3.05, 3.63) is 141 Å². The molecule has 72 heavy (non-hydrogen) atoms. The van der Waals surface area contributed by atoms with Gasteiger partial charge in [0.15, 0.2) is 11.5 Å². The van der Waals surface area contributed by atoms with Gasteiger partial charge in [-0.15, -0.1) is 0 Å². The Hall–Kier alpha value is -6.01. The van der Waals surface area contributed by atoms with Gasteiger partial charge in [-0.1, -0.05) is 58.0 Å². The summed E-state index contributed by atoms with van der Waals surface area (Å²) in [4.78, 5) is 57.5. The Kier molecular flexibility index (Phi) is 15.0. The van der Waals surface area contributed by atoms with Gasteiger partial charge < -0.3 is 34.6 Å². The third-order valence-corrected chi connectivity index (χ3v) is 18.9. The Morgan fingerprint density at radius 1 is 0.750 bits per heavy atom. The first-order chi connectivity index (χ1) is 34.6. The second-order valence-electron chi connectivity index (χ2n) is 19.4. The monoisotopic (exact) mass is 1030 g/mol.